The van der Waals surface area contributed by atoms with Gasteiger partial charge in [-0.05, 0) is 27.9 Å². The minimum atomic E-state index is -0.419. The third kappa shape index (κ3) is 3.64. The van der Waals surface area contributed by atoms with Gasteiger partial charge < -0.3 is 5.73 Å². The lowest BCUT2D eigenvalue weighted by molar-refractivity contribution is -0.385. The van der Waals surface area contributed by atoms with Crippen LogP contribution in [0.4, 0.5) is 5.69 Å². The molecule has 1 aromatic carbocycles. The second-order valence-corrected chi connectivity index (χ2v) is 5.54. The molecule has 0 radical (unpaired) electrons. The van der Waals surface area contributed by atoms with Crippen LogP contribution in [0, 0.1) is 10.1 Å². The largest absolute Gasteiger partial charge is 0.323 e. The van der Waals surface area contributed by atoms with Crippen LogP contribution < -0.4 is 5.73 Å². The fourth-order valence-electron chi connectivity index (χ4n) is 2.02. The van der Waals surface area contributed by atoms with Gasteiger partial charge in [0.1, 0.15) is 4.47 Å². The predicted octanol–water partition coefficient (Wildman–Crippen LogP) is 2.80. The highest BCUT2D eigenvalue weighted by Crippen LogP contribution is 2.28. The van der Waals surface area contributed by atoms with Crippen molar-refractivity contribution >= 4 is 21.6 Å². The third-order valence-corrected chi connectivity index (χ3v) is 4.04. The maximum atomic E-state index is 10.9. The van der Waals surface area contributed by atoms with Crippen molar-refractivity contribution in [3.05, 3.63) is 50.2 Å². The van der Waals surface area contributed by atoms with Gasteiger partial charge in [-0.25, -0.2) is 4.68 Å². The summed E-state index contributed by atoms with van der Waals surface area (Å²) in [6.45, 7) is 2.46. The van der Waals surface area contributed by atoms with Crippen LogP contribution in [0.5, 0.6) is 0 Å². The maximum absolute atomic E-state index is 10.9. The Morgan fingerprint density at radius 3 is 2.95 bits per heavy atom. The summed E-state index contributed by atoms with van der Waals surface area (Å²) in [7, 11) is 0. The molecule has 0 aliphatic heterocycles. The fourth-order valence-corrected chi connectivity index (χ4v) is 2.56. The van der Waals surface area contributed by atoms with Gasteiger partial charge in [0.2, 0.25) is 0 Å². The summed E-state index contributed by atoms with van der Waals surface area (Å²) in [4.78, 5) is 10.5. The topological polar surface area (TPSA) is 99.9 Å². The molecule has 0 saturated heterocycles. The van der Waals surface area contributed by atoms with Gasteiger partial charge in [0.25, 0.3) is 5.69 Å². The highest BCUT2D eigenvalue weighted by atomic mass is 79.9. The van der Waals surface area contributed by atoms with Crippen LogP contribution in [-0.4, -0.2) is 19.9 Å². The molecule has 2 N–H and O–H groups in total. The number of rotatable bonds is 6. The van der Waals surface area contributed by atoms with Crippen molar-refractivity contribution in [1.82, 2.24) is 15.0 Å². The van der Waals surface area contributed by atoms with Crippen LogP contribution >= 0.6 is 15.9 Å². The van der Waals surface area contributed by atoms with Crippen molar-refractivity contribution in [3.63, 3.8) is 0 Å². The number of hydrogen-bond acceptors (Lipinski definition) is 5. The van der Waals surface area contributed by atoms with Crippen molar-refractivity contribution in [3.8, 4) is 0 Å². The van der Waals surface area contributed by atoms with Gasteiger partial charge in [0.05, 0.1) is 29.4 Å². The predicted molar refractivity (Wildman–Crippen MR) is 81.8 cm³/mol. The van der Waals surface area contributed by atoms with E-state index in [9.17, 15) is 10.1 Å². The Morgan fingerprint density at radius 1 is 1.52 bits per heavy atom. The minimum absolute atomic E-state index is 0.0375. The van der Waals surface area contributed by atoms with E-state index in [1.807, 2.05) is 6.07 Å². The van der Waals surface area contributed by atoms with E-state index >= 15 is 0 Å². The SMILES string of the molecule is CCCC(N)c1cn(Cc2cccc([N+](=O)[O-])c2Br)nn1. The molecular formula is C13H16BrN5O2. The van der Waals surface area contributed by atoms with Crippen LogP contribution in [0.2, 0.25) is 0 Å². The first-order valence-electron chi connectivity index (χ1n) is 6.60. The molecule has 2 rings (SSSR count). The van der Waals surface area contributed by atoms with E-state index in [-0.39, 0.29) is 11.7 Å². The zero-order chi connectivity index (χ0) is 15.4. The lowest BCUT2D eigenvalue weighted by Crippen LogP contribution is -2.10. The first-order chi connectivity index (χ1) is 10.0. The summed E-state index contributed by atoms with van der Waals surface area (Å²) in [5, 5.41) is 19.0. The Morgan fingerprint density at radius 2 is 2.29 bits per heavy atom. The molecule has 2 aromatic rings. The lowest BCUT2D eigenvalue weighted by Gasteiger charge is -2.05. The quantitative estimate of drug-likeness (QED) is 0.635. The van der Waals surface area contributed by atoms with Gasteiger partial charge in [-0.1, -0.05) is 30.7 Å². The zero-order valence-corrected chi connectivity index (χ0v) is 13.2. The minimum Gasteiger partial charge on any atom is -0.323 e. The van der Waals surface area contributed by atoms with E-state index in [0.29, 0.717) is 11.0 Å². The molecule has 0 fully saturated rings. The molecule has 8 heteroatoms. The zero-order valence-electron chi connectivity index (χ0n) is 11.6. The molecule has 0 aliphatic rings. The Balaban J connectivity index is 2.19. The number of hydrogen-bond donors (Lipinski definition) is 1. The van der Waals surface area contributed by atoms with E-state index in [0.717, 1.165) is 24.1 Å². The van der Waals surface area contributed by atoms with E-state index in [2.05, 4.69) is 33.2 Å². The highest BCUT2D eigenvalue weighted by molar-refractivity contribution is 9.10. The molecule has 0 aliphatic carbocycles. The molecule has 0 saturated carbocycles. The number of nitrogens with two attached hydrogens (primary N) is 1. The molecule has 7 nitrogen and oxygen atoms in total. The molecule has 112 valence electrons. The van der Waals surface area contributed by atoms with E-state index < -0.39 is 4.92 Å². The first kappa shape index (κ1) is 15.6. The van der Waals surface area contributed by atoms with E-state index in [1.165, 1.54) is 6.07 Å². The Bertz CT molecular complexity index is 643. The summed E-state index contributed by atoms with van der Waals surface area (Å²) in [5.41, 5.74) is 7.53. The summed E-state index contributed by atoms with van der Waals surface area (Å²) in [6, 6.07) is 4.79. The number of nitrogens with zero attached hydrogens (tertiary/aromatic N) is 4. The molecule has 1 atom stereocenters. The van der Waals surface area contributed by atoms with Gasteiger partial charge in [-0.15, -0.1) is 5.10 Å². The third-order valence-electron chi connectivity index (χ3n) is 3.12. The smallest absolute Gasteiger partial charge is 0.283 e. The molecule has 1 heterocycles. The summed E-state index contributed by atoms with van der Waals surface area (Å²) < 4.78 is 2.10. The summed E-state index contributed by atoms with van der Waals surface area (Å²) in [6.07, 6.45) is 3.61. The second kappa shape index (κ2) is 6.77. The first-order valence-corrected chi connectivity index (χ1v) is 7.39. The van der Waals surface area contributed by atoms with Gasteiger partial charge in [0.15, 0.2) is 0 Å². The van der Waals surface area contributed by atoms with Crippen LogP contribution in [-0.2, 0) is 6.54 Å². The van der Waals surface area contributed by atoms with Gasteiger partial charge in [-0.2, -0.15) is 0 Å². The van der Waals surface area contributed by atoms with E-state index in [4.69, 9.17) is 5.73 Å². The van der Waals surface area contributed by atoms with Crippen molar-refractivity contribution in [2.24, 2.45) is 5.73 Å². The second-order valence-electron chi connectivity index (χ2n) is 4.74. The van der Waals surface area contributed by atoms with Gasteiger partial charge in [-0.3, -0.25) is 10.1 Å². The average molecular weight is 354 g/mol. The molecular weight excluding hydrogens is 338 g/mol. The maximum Gasteiger partial charge on any atom is 0.283 e. The monoisotopic (exact) mass is 353 g/mol. The number of nitro groups is 1. The van der Waals surface area contributed by atoms with Crippen molar-refractivity contribution in [2.45, 2.75) is 32.4 Å². The van der Waals surface area contributed by atoms with Crippen molar-refractivity contribution in [2.75, 3.05) is 0 Å². The Hall–Kier alpha value is -1.80. The van der Waals surface area contributed by atoms with Crippen LogP contribution in [0.3, 0.4) is 0 Å². The molecule has 1 aromatic heterocycles. The highest BCUT2D eigenvalue weighted by Gasteiger charge is 2.16. The number of aromatic nitrogens is 3. The molecule has 0 spiro atoms. The molecule has 0 amide bonds. The van der Waals surface area contributed by atoms with E-state index in [1.54, 1.807) is 16.9 Å². The molecule has 0 bridgehead atoms. The van der Waals surface area contributed by atoms with Crippen LogP contribution in [0.25, 0.3) is 0 Å². The number of nitro benzene ring substituents is 1. The Kier molecular flexibility index (Phi) is 5.03. The number of benzene rings is 1. The van der Waals surface area contributed by atoms with Crippen LogP contribution in [0.15, 0.2) is 28.9 Å². The van der Waals surface area contributed by atoms with Crippen molar-refractivity contribution in [1.29, 1.82) is 0 Å². The number of halogens is 1. The standard InChI is InChI=1S/C13H16BrN5O2/c1-2-4-10(15)11-8-18(17-16-11)7-9-5-3-6-12(13(9)14)19(20)21/h3,5-6,8,10H,2,4,7,15H2,1H3. The average Bonchev–Trinajstić information content (AvgIpc) is 2.90. The van der Waals surface area contributed by atoms with Crippen LogP contribution in [0.1, 0.15) is 37.1 Å². The fraction of sp³-hybridized carbons (Fsp3) is 0.385. The lowest BCUT2D eigenvalue weighted by atomic mass is 10.1. The molecule has 21 heavy (non-hydrogen) atoms. The summed E-state index contributed by atoms with van der Waals surface area (Å²) in [5.74, 6) is 0. The molecule has 1 unspecified atom stereocenters. The van der Waals surface area contributed by atoms with Gasteiger partial charge >= 0.3 is 0 Å². The van der Waals surface area contributed by atoms with Crippen molar-refractivity contribution < 1.29 is 4.92 Å². The summed E-state index contributed by atoms with van der Waals surface area (Å²) >= 11 is 3.27. The Labute approximate surface area is 130 Å². The van der Waals surface area contributed by atoms with Gasteiger partial charge in [0, 0.05) is 6.07 Å². The normalized spacial score (nSPS) is 12.3.